The standard InChI is InChI=1S/C14H20FN3O3/c1-4-7-17(6-3)14(19)10-8-12(16-5-2)11(15)9-13(10)18(20)21/h8-9,16H,4-7H2,1-3H3. The van der Waals surface area contributed by atoms with Crippen LogP contribution in [0.15, 0.2) is 12.1 Å². The summed E-state index contributed by atoms with van der Waals surface area (Å²) in [4.78, 5) is 24.3. The zero-order chi connectivity index (χ0) is 16.0. The highest BCUT2D eigenvalue weighted by Gasteiger charge is 2.26. The fourth-order valence-electron chi connectivity index (χ4n) is 2.05. The first-order valence-corrected chi connectivity index (χ1v) is 6.97. The Bertz CT molecular complexity index is 534. The summed E-state index contributed by atoms with van der Waals surface area (Å²) in [7, 11) is 0. The number of rotatable bonds is 7. The molecule has 0 saturated carbocycles. The van der Waals surface area contributed by atoms with Crippen LogP contribution in [0.1, 0.15) is 37.6 Å². The van der Waals surface area contributed by atoms with Gasteiger partial charge >= 0.3 is 0 Å². The first-order valence-electron chi connectivity index (χ1n) is 6.97. The lowest BCUT2D eigenvalue weighted by Crippen LogP contribution is -2.32. The van der Waals surface area contributed by atoms with Crippen molar-refractivity contribution in [1.82, 2.24) is 4.90 Å². The Kier molecular flexibility index (Phi) is 6.08. The van der Waals surface area contributed by atoms with Gasteiger partial charge in [-0.25, -0.2) is 4.39 Å². The van der Waals surface area contributed by atoms with Crippen molar-refractivity contribution in [1.29, 1.82) is 0 Å². The van der Waals surface area contributed by atoms with Crippen molar-refractivity contribution in [2.75, 3.05) is 25.0 Å². The largest absolute Gasteiger partial charge is 0.383 e. The first-order chi connectivity index (χ1) is 9.96. The summed E-state index contributed by atoms with van der Waals surface area (Å²) in [6, 6.07) is 2.02. The smallest absolute Gasteiger partial charge is 0.285 e. The number of hydrogen-bond acceptors (Lipinski definition) is 4. The Morgan fingerprint density at radius 3 is 2.52 bits per heavy atom. The van der Waals surface area contributed by atoms with Crippen molar-refractivity contribution in [2.45, 2.75) is 27.2 Å². The molecule has 1 aromatic carbocycles. The topological polar surface area (TPSA) is 75.5 Å². The number of anilines is 1. The number of benzene rings is 1. The van der Waals surface area contributed by atoms with Crippen LogP contribution in [0.3, 0.4) is 0 Å². The molecule has 116 valence electrons. The predicted octanol–water partition coefficient (Wildman–Crippen LogP) is 3.04. The molecule has 0 aliphatic carbocycles. The molecule has 6 nitrogen and oxygen atoms in total. The number of carbonyl (C=O) groups is 1. The minimum Gasteiger partial charge on any atom is -0.383 e. The molecule has 0 aromatic heterocycles. The van der Waals surface area contributed by atoms with E-state index in [0.717, 1.165) is 12.5 Å². The van der Waals surface area contributed by atoms with Crippen molar-refractivity contribution in [3.05, 3.63) is 33.6 Å². The second-order valence-electron chi connectivity index (χ2n) is 4.52. The van der Waals surface area contributed by atoms with Gasteiger partial charge in [0.15, 0.2) is 5.82 Å². The van der Waals surface area contributed by atoms with E-state index >= 15 is 0 Å². The quantitative estimate of drug-likeness (QED) is 0.620. The minimum atomic E-state index is -0.737. The Morgan fingerprint density at radius 1 is 1.38 bits per heavy atom. The lowest BCUT2D eigenvalue weighted by Gasteiger charge is -2.20. The van der Waals surface area contributed by atoms with Crippen molar-refractivity contribution < 1.29 is 14.1 Å². The highest BCUT2D eigenvalue weighted by Crippen LogP contribution is 2.27. The van der Waals surface area contributed by atoms with Crippen LogP contribution in [0, 0.1) is 15.9 Å². The molecule has 0 radical (unpaired) electrons. The number of nitro groups is 1. The number of nitrogens with one attached hydrogen (secondary N) is 1. The van der Waals surface area contributed by atoms with E-state index in [1.165, 1.54) is 11.0 Å². The van der Waals surface area contributed by atoms with Gasteiger partial charge in [-0.1, -0.05) is 6.92 Å². The molecule has 0 heterocycles. The third kappa shape index (κ3) is 3.90. The number of amides is 1. The van der Waals surface area contributed by atoms with Crippen molar-refractivity contribution in [3.63, 3.8) is 0 Å². The molecule has 7 heteroatoms. The molecule has 21 heavy (non-hydrogen) atoms. The van der Waals surface area contributed by atoms with Crippen LogP contribution in [0.4, 0.5) is 15.8 Å². The lowest BCUT2D eigenvalue weighted by atomic mass is 10.1. The van der Waals surface area contributed by atoms with Crippen LogP contribution in [-0.4, -0.2) is 35.4 Å². The average molecular weight is 297 g/mol. The summed E-state index contributed by atoms with van der Waals surface area (Å²) < 4.78 is 13.8. The fraction of sp³-hybridized carbons (Fsp3) is 0.500. The van der Waals surface area contributed by atoms with Gasteiger partial charge in [0.25, 0.3) is 11.6 Å². The Morgan fingerprint density at radius 2 is 2.05 bits per heavy atom. The van der Waals surface area contributed by atoms with E-state index in [1.807, 2.05) is 6.92 Å². The highest BCUT2D eigenvalue weighted by molar-refractivity contribution is 5.99. The van der Waals surface area contributed by atoms with Gasteiger partial charge in [0.1, 0.15) is 5.56 Å². The molecule has 1 aromatic rings. The average Bonchev–Trinajstić information content (AvgIpc) is 2.45. The summed E-state index contributed by atoms with van der Waals surface area (Å²) in [5.41, 5.74) is -0.500. The molecule has 0 fully saturated rings. The molecule has 0 bridgehead atoms. The SMILES string of the molecule is CCCN(CC)C(=O)c1cc(NCC)c(F)cc1[N+](=O)[O-]. The first kappa shape index (κ1) is 16.9. The summed E-state index contributed by atoms with van der Waals surface area (Å²) >= 11 is 0. The van der Waals surface area contributed by atoms with Crippen molar-refractivity contribution in [2.24, 2.45) is 0 Å². The molecule has 0 aliphatic heterocycles. The summed E-state index contributed by atoms with van der Waals surface area (Å²) in [5.74, 6) is -1.19. The summed E-state index contributed by atoms with van der Waals surface area (Å²) in [6.07, 6.45) is 0.745. The molecule has 1 amide bonds. The number of nitro benzene ring substituents is 1. The Labute approximate surface area is 123 Å². The number of carbonyl (C=O) groups excluding carboxylic acids is 1. The molecule has 1 N–H and O–H groups in total. The summed E-state index contributed by atoms with van der Waals surface area (Å²) in [5, 5.41) is 13.8. The van der Waals surface area contributed by atoms with Gasteiger partial charge < -0.3 is 10.2 Å². The normalized spacial score (nSPS) is 10.3. The zero-order valence-corrected chi connectivity index (χ0v) is 12.5. The van der Waals surface area contributed by atoms with E-state index in [4.69, 9.17) is 0 Å². The zero-order valence-electron chi connectivity index (χ0n) is 12.5. The van der Waals surface area contributed by atoms with Crippen LogP contribution in [0.5, 0.6) is 0 Å². The molecule has 0 atom stereocenters. The van der Waals surface area contributed by atoms with Gasteiger partial charge in [-0.05, 0) is 26.3 Å². The minimum absolute atomic E-state index is 0.0901. The van der Waals surface area contributed by atoms with Gasteiger partial charge in [0, 0.05) is 19.6 Å². The van der Waals surface area contributed by atoms with E-state index in [-0.39, 0.29) is 11.3 Å². The second kappa shape index (κ2) is 7.56. The molecule has 0 aliphatic rings. The number of halogens is 1. The van der Waals surface area contributed by atoms with Gasteiger partial charge in [-0.15, -0.1) is 0 Å². The molecule has 0 unspecified atom stereocenters. The Balaban J connectivity index is 3.33. The van der Waals surface area contributed by atoms with Gasteiger partial charge in [-0.3, -0.25) is 14.9 Å². The molecule has 1 rings (SSSR count). The summed E-state index contributed by atoms with van der Waals surface area (Å²) in [6.45, 7) is 6.89. The third-order valence-electron chi connectivity index (χ3n) is 3.04. The third-order valence-corrected chi connectivity index (χ3v) is 3.04. The maximum absolute atomic E-state index is 13.8. The van der Waals surface area contributed by atoms with Crippen LogP contribution in [0.2, 0.25) is 0 Å². The Hall–Kier alpha value is -2.18. The second-order valence-corrected chi connectivity index (χ2v) is 4.52. The van der Waals surface area contributed by atoms with Crippen LogP contribution in [-0.2, 0) is 0 Å². The maximum Gasteiger partial charge on any atom is 0.285 e. The number of nitrogens with zero attached hydrogens (tertiary/aromatic N) is 2. The van der Waals surface area contributed by atoms with E-state index in [0.29, 0.717) is 19.6 Å². The van der Waals surface area contributed by atoms with E-state index in [2.05, 4.69) is 5.32 Å². The van der Waals surface area contributed by atoms with E-state index < -0.39 is 22.3 Å². The molecule has 0 spiro atoms. The fourth-order valence-corrected chi connectivity index (χ4v) is 2.05. The van der Waals surface area contributed by atoms with Gasteiger partial charge in [-0.2, -0.15) is 0 Å². The lowest BCUT2D eigenvalue weighted by molar-refractivity contribution is -0.385. The maximum atomic E-state index is 13.8. The highest BCUT2D eigenvalue weighted by atomic mass is 19.1. The van der Waals surface area contributed by atoms with Crippen molar-refractivity contribution in [3.8, 4) is 0 Å². The van der Waals surface area contributed by atoms with Crippen LogP contribution in [0.25, 0.3) is 0 Å². The van der Waals surface area contributed by atoms with E-state index in [1.54, 1.807) is 13.8 Å². The molecule has 0 saturated heterocycles. The number of hydrogen-bond donors (Lipinski definition) is 1. The van der Waals surface area contributed by atoms with Crippen LogP contribution >= 0.6 is 0 Å². The molecular formula is C14H20FN3O3. The van der Waals surface area contributed by atoms with E-state index in [9.17, 15) is 19.3 Å². The van der Waals surface area contributed by atoms with Gasteiger partial charge in [0.05, 0.1) is 16.7 Å². The monoisotopic (exact) mass is 297 g/mol. The predicted molar refractivity (Wildman–Crippen MR) is 79.1 cm³/mol. The van der Waals surface area contributed by atoms with Gasteiger partial charge in [0.2, 0.25) is 0 Å². The molecular weight excluding hydrogens is 277 g/mol. The van der Waals surface area contributed by atoms with Crippen LogP contribution < -0.4 is 5.32 Å². The van der Waals surface area contributed by atoms with Crippen molar-refractivity contribution >= 4 is 17.3 Å².